The summed E-state index contributed by atoms with van der Waals surface area (Å²) in [4.78, 5) is 0. The van der Waals surface area contributed by atoms with Gasteiger partial charge in [0.2, 0.25) is 0 Å². The normalized spacial score (nSPS) is 12.6. The second kappa shape index (κ2) is 5.26. The molecule has 0 amide bonds. The van der Waals surface area contributed by atoms with Crippen LogP contribution >= 0.6 is 11.6 Å². The molecule has 0 nitrogen and oxygen atoms in total. The fourth-order valence-corrected chi connectivity index (χ4v) is 2.97. The molecule has 3 aromatic rings. The van der Waals surface area contributed by atoms with Gasteiger partial charge in [0.15, 0.2) is 0 Å². The summed E-state index contributed by atoms with van der Waals surface area (Å²) in [6, 6.07) is 18.8. The van der Waals surface area contributed by atoms with Crippen molar-refractivity contribution in [1.82, 2.24) is 0 Å². The minimum Gasteiger partial charge on any atom is -0.207 e. The van der Waals surface area contributed by atoms with E-state index in [-0.39, 0.29) is 11.2 Å². The van der Waals surface area contributed by atoms with Gasteiger partial charge in [0.1, 0.15) is 5.82 Å². The quantitative estimate of drug-likeness (QED) is 0.536. The number of halogens is 2. The topological polar surface area (TPSA) is 0 Å². The molecule has 0 aliphatic heterocycles. The molecular formula is C18H14ClF. The lowest BCUT2D eigenvalue weighted by atomic mass is 9.94. The molecular weight excluding hydrogens is 271 g/mol. The Morgan fingerprint density at radius 3 is 2.35 bits per heavy atom. The summed E-state index contributed by atoms with van der Waals surface area (Å²) in [6.07, 6.45) is 0. The van der Waals surface area contributed by atoms with E-state index in [9.17, 15) is 4.39 Å². The van der Waals surface area contributed by atoms with Gasteiger partial charge in [0, 0.05) is 0 Å². The van der Waals surface area contributed by atoms with Crippen molar-refractivity contribution in [2.75, 3.05) is 0 Å². The zero-order valence-electron chi connectivity index (χ0n) is 11.1. The highest BCUT2D eigenvalue weighted by atomic mass is 35.5. The first-order valence-corrected chi connectivity index (χ1v) is 6.98. The number of benzene rings is 3. The molecule has 100 valence electrons. The molecule has 0 spiro atoms. The van der Waals surface area contributed by atoms with Crippen LogP contribution in [-0.2, 0) is 0 Å². The van der Waals surface area contributed by atoms with Crippen molar-refractivity contribution in [3.05, 3.63) is 83.2 Å². The maximum absolute atomic E-state index is 13.0. The summed E-state index contributed by atoms with van der Waals surface area (Å²) in [5.41, 5.74) is 3.15. The maximum atomic E-state index is 13.0. The number of hydrogen-bond acceptors (Lipinski definition) is 0. The van der Waals surface area contributed by atoms with Gasteiger partial charge in [-0.25, -0.2) is 4.39 Å². The molecule has 0 heterocycles. The van der Waals surface area contributed by atoms with E-state index in [0.29, 0.717) is 0 Å². The van der Waals surface area contributed by atoms with E-state index in [1.54, 1.807) is 12.1 Å². The van der Waals surface area contributed by atoms with E-state index in [0.717, 1.165) is 22.1 Å². The van der Waals surface area contributed by atoms with Gasteiger partial charge in [0.25, 0.3) is 0 Å². The van der Waals surface area contributed by atoms with Crippen molar-refractivity contribution in [2.24, 2.45) is 0 Å². The molecule has 0 aromatic heterocycles. The van der Waals surface area contributed by atoms with E-state index < -0.39 is 0 Å². The minimum absolute atomic E-state index is 0.243. The molecule has 0 bridgehead atoms. The van der Waals surface area contributed by atoms with Gasteiger partial charge >= 0.3 is 0 Å². The fraction of sp³-hybridized carbons (Fsp3) is 0.111. The van der Waals surface area contributed by atoms with E-state index in [2.05, 4.69) is 31.2 Å². The Balaban J connectivity index is 2.18. The third kappa shape index (κ3) is 2.30. The lowest BCUT2D eigenvalue weighted by molar-refractivity contribution is 0.627. The van der Waals surface area contributed by atoms with Gasteiger partial charge in [-0.1, -0.05) is 48.5 Å². The molecule has 0 saturated carbocycles. The highest BCUT2D eigenvalue weighted by molar-refractivity contribution is 6.23. The van der Waals surface area contributed by atoms with Crippen LogP contribution in [0.2, 0.25) is 0 Å². The minimum atomic E-state index is -0.276. The first-order chi connectivity index (χ1) is 9.66. The van der Waals surface area contributed by atoms with Crippen LogP contribution in [0.3, 0.4) is 0 Å². The summed E-state index contributed by atoms with van der Waals surface area (Å²) >= 11 is 6.65. The Bertz CT molecular complexity index is 747. The Morgan fingerprint density at radius 2 is 1.60 bits per heavy atom. The fourth-order valence-electron chi connectivity index (χ4n) is 2.54. The second-order valence-electron chi connectivity index (χ2n) is 4.93. The molecule has 0 saturated heterocycles. The SMILES string of the molecule is Cc1ccc2ccccc2c1C(Cl)c1ccc(F)cc1. The highest BCUT2D eigenvalue weighted by Gasteiger charge is 2.16. The largest absolute Gasteiger partial charge is 0.207 e. The average Bonchev–Trinajstić information content (AvgIpc) is 2.47. The number of hydrogen-bond donors (Lipinski definition) is 0. The van der Waals surface area contributed by atoms with Crippen LogP contribution in [0.5, 0.6) is 0 Å². The molecule has 2 heteroatoms. The monoisotopic (exact) mass is 284 g/mol. The van der Waals surface area contributed by atoms with Crippen LogP contribution in [0.15, 0.2) is 60.7 Å². The van der Waals surface area contributed by atoms with Crippen molar-refractivity contribution >= 4 is 22.4 Å². The van der Waals surface area contributed by atoms with Crippen molar-refractivity contribution < 1.29 is 4.39 Å². The Kier molecular flexibility index (Phi) is 3.45. The van der Waals surface area contributed by atoms with Crippen LogP contribution in [0.4, 0.5) is 4.39 Å². The number of rotatable bonds is 2. The van der Waals surface area contributed by atoms with Crippen molar-refractivity contribution in [1.29, 1.82) is 0 Å². The molecule has 20 heavy (non-hydrogen) atoms. The molecule has 0 radical (unpaired) electrons. The number of fused-ring (bicyclic) bond motifs is 1. The van der Waals surface area contributed by atoms with Crippen LogP contribution in [-0.4, -0.2) is 0 Å². The van der Waals surface area contributed by atoms with E-state index in [1.807, 2.05) is 12.1 Å². The first kappa shape index (κ1) is 13.1. The molecule has 1 unspecified atom stereocenters. The van der Waals surface area contributed by atoms with Crippen LogP contribution in [0.1, 0.15) is 22.1 Å². The van der Waals surface area contributed by atoms with Gasteiger partial charge in [-0.15, -0.1) is 11.6 Å². The lowest BCUT2D eigenvalue weighted by Crippen LogP contribution is -1.98. The van der Waals surface area contributed by atoms with Crippen LogP contribution < -0.4 is 0 Å². The third-order valence-corrected chi connectivity index (χ3v) is 4.07. The van der Waals surface area contributed by atoms with Gasteiger partial charge in [0.05, 0.1) is 5.38 Å². The molecule has 1 atom stereocenters. The molecule has 0 N–H and O–H groups in total. The number of aryl methyl sites for hydroxylation is 1. The van der Waals surface area contributed by atoms with Gasteiger partial charge < -0.3 is 0 Å². The highest BCUT2D eigenvalue weighted by Crippen LogP contribution is 2.36. The third-order valence-electron chi connectivity index (χ3n) is 3.60. The van der Waals surface area contributed by atoms with Gasteiger partial charge in [-0.05, 0) is 46.5 Å². The summed E-state index contributed by atoms with van der Waals surface area (Å²) < 4.78 is 13.0. The van der Waals surface area contributed by atoms with E-state index >= 15 is 0 Å². The lowest BCUT2D eigenvalue weighted by Gasteiger charge is -2.16. The summed E-state index contributed by atoms with van der Waals surface area (Å²) in [5.74, 6) is -0.243. The smallest absolute Gasteiger partial charge is 0.123 e. The predicted octanol–water partition coefficient (Wildman–Crippen LogP) is 5.62. The summed E-state index contributed by atoms with van der Waals surface area (Å²) in [5, 5.41) is 2.04. The Morgan fingerprint density at radius 1 is 0.900 bits per heavy atom. The standard InChI is InChI=1S/C18H14ClF/c1-12-6-7-13-4-2-3-5-16(13)17(12)18(19)14-8-10-15(20)11-9-14/h2-11,18H,1H3. The molecule has 3 rings (SSSR count). The Hall–Kier alpha value is -1.86. The zero-order chi connectivity index (χ0) is 14.1. The molecule has 0 aliphatic carbocycles. The van der Waals surface area contributed by atoms with E-state index in [1.165, 1.54) is 17.5 Å². The second-order valence-corrected chi connectivity index (χ2v) is 5.37. The first-order valence-electron chi connectivity index (χ1n) is 6.54. The molecule has 3 aromatic carbocycles. The zero-order valence-corrected chi connectivity index (χ0v) is 11.9. The summed E-state index contributed by atoms with van der Waals surface area (Å²) in [7, 11) is 0. The summed E-state index contributed by atoms with van der Waals surface area (Å²) in [6.45, 7) is 2.06. The Labute approximate surface area is 122 Å². The van der Waals surface area contributed by atoms with Crippen LogP contribution in [0, 0.1) is 12.7 Å². The van der Waals surface area contributed by atoms with Crippen molar-refractivity contribution in [3.63, 3.8) is 0 Å². The van der Waals surface area contributed by atoms with E-state index in [4.69, 9.17) is 11.6 Å². The van der Waals surface area contributed by atoms with Gasteiger partial charge in [-0.2, -0.15) is 0 Å². The average molecular weight is 285 g/mol. The molecule has 0 fully saturated rings. The molecule has 0 aliphatic rings. The van der Waals surface area contributed by atoms with Crippen LogP contribution in [0.25, 0.3) is 10.8 Å². The maximum Gasteiger partial charge on any atom is 0.123 e. The number of alkyl halides is 1. The predicted molar refractivity (Wildman–Crippen MR) is 82.8 cm³/mol. The van der Waals surface area contributed by atoms with Crippen molar-refractivity contribution in [2.45, 2.75) is 12.3 Å². The van der Waals surface area contributed by atoms with Crippen molar-refractivity contribution in [3.8, 4) is 0 Å². The van der Waals surface area contributed by atoms with Gasteiger partial charge in [-0.3, -0.25) is 0 Å².